The molecular weight excluding hydrogens is 641 g/mol. The number of likely N-dealkylation sites (tertiary alicyclic amines) is 2. The highest BCUT2D eigenvalue weighted by atomic mass is 32.1. The molecule has 4 aromatic heterocycles. The van der Waals surface area contributed by atoms with Gasteiger partial charge in [-0.3, -0.25) is 23.9 Å². The molecule has 2 atom stereocenters. The number of pyridine rings is 1. The van der Waals surface area contributed by atoms with Crippen LogP contribution in [0.5, 0.6) is 5.75 Å². The first kappa shape index (κ1) is 32.7. The lowest BCUT2D eigenvalue weighted by Crippen LogP contribution is -2.53. The lowest BCUT2D eigenvalue weighted by atomic mass is 9.79. The summed E-state index contributed by atoms with van der Waals surface area (Å²) >= 11 is 1.45. The molecule has 6 heterocycles. The van der Waals surface area contributed by atoms with Gasteiger partial charge in [-0.15, -0.1) is 11.3 Å². The molecule has 7 rings (SSSR count). The fourth-order valence-electron chi connectivity index (χ4n) is 7.33. The van der Waals surface area contributed by atoms with E-state index < -0.39 is 5.60 Å². The van der Waals surface area contributed by atoms with Gasteiger partial charge in [0.2, 0.25) is 5.91 Å². The number of fused-ring (bicyclic) bond motifs is 1. The monoisotopic (exact) mass is 680 g/mol. The van der Waals surface area contributed by atoms with E-state index in [4.69, 9.17) is 4.74 Å². The van der Waals surface area contributed by atoms with Gasteiger partial charge in [0.25, 0.3) is 11.5 Å². The van der Waals surface area contributed by atoms with Crippen LogP contribution in [0.1, 0.15) is 46.0 Å². The Morgan fingerprint density at radius 3 is 2.61 bits per heavy atom. The number of benzene rings is 1. The van der Waals surface area contributed by atoms with Gasteiger partial charge in [0, 0.05) is 67.9 Å². The molecule has 2 saturated heterocycles. The second kappa shape index (κ2) is 13.2. The van der Waals surface area contributed by atoms with Gasteiger partial charge in [-0.1, -0.05) is 30.3 Å². The van der Waals surface area contributed by atoms with Gasteiger partial charge in [-0.2, -0.15) is 0 Å². The molecule has 12 heteroatoms. The average Bonchev–Trinajstić information content (AvgIpc) is 3.71. The molecule has 49 heavy (non-hydrogen) atoms. The summed E-state index contributed by atoms with van der Waals surface area (Å²) in [6, 6.07) is 15.6. The Balaban J connectivity index is 1.06. The lowest BCUT2D eigenvalue weighted by Gasteiger charge is -2.43. The van der Waals surface area contributed by atoms with Crippen molar-refractivity contribution in [2.45, 2.75) is 44.2 Å². The van der Waals surface area contributed by atoms with Crippen molar-refractivity contribution in [2.24, 2.45) is 13.0 Å². The van der Waals surface area contributed by atoms with E-state index in [-0.39, 0.29) is 35.8 Å². The van der Waals surface area contributed by atoms with Crippen molar-refractivity contribution in [3.05, 3.63) is 99.8 Å². The third-order valence-electron chi connectivity index (χ3n) is 10.1. The summed E-state index contributed by atoms with van der Waals surface area (Å²) in [6.45, 7) is 3.76. The zero-order chi connectivity index (χ0) is 34.3. The number of nitrogens with zero attached hydrogens (tertiary/aromatic N) is 6. The molecule has 1 aromatic carbocycles. The van der Waals surface area contributed by atoms with E-state index in [0.29, 0.717) is 67.1 Å². The van der Waals surface area contributed by atoms with Crippen molar-refractivity contribution in [3.8, 4) is 16.2 Å². The number of thiophene rings is 1. The molecule has 5 aromatic rings. The quantitative estimate of drug-likeness (QED) is 0.269. The van der Waals surface area contributed by atoms with Crippen LogP contribution in [0.25, 0.3) is 21.5 Å². The van der Waals surface area contributed by atoms with Crippen molar-refractivity contribution in [1.82, 2.24) is 28.9 Å². The van der Waals surface area contributed by atoms with Crippen molar-refractivity contribution >= 4 is 34.2 Å². The molecule has 2 fully saturated rings. The molecule has 2 amide bonds. The molecule has 0 spiro atoms. The zero-order valence-corrected chi connectivity index (χ0v) is 28.7. The summed E-state index contributed by atoms with van der Waals surface area (Å²) in [5.74, 6) is 0.199. The van der Waals surface area contributed by atoms with E-state index >= 15 is 0 Å². The molecule has 2 aliphatic rings. The number of aliphatic hydroxyl groups is 1. The SMILES string of the molecule is COc1cnccc1-c1cc(C)c(C(=O)N2CC[C@@H](C(=O)N3CCC(O)(Cn4cnc5c(ccn5C)c4=O)CC3)[C@H](c3ccccc3)C2)s1. The summed E-state index contributed by atoms with van der Waals surface area (Å²) in [6.07, 6.45) is 7.93. The highest BCUT2D eigenvalue weighted by Gasteiger charge is 2.42. The second-order valence-corrected chi connectivity index (χ2v) is 14.3. The first-order chi connectivity index (χ1) is 23.7. The van der Waals surface area contributed by atoms with Gasteiger partial charge in [0.05, 0.1) is 35.7 Å². The number of rotatable bonds is 7. The number of carbonyl (C=O) groups excluding carboxylic acids is 2. The van der Waals surface area contributed by atoms with Crippen molar-refractivity contribution in [2.75, 3.05) is 33.3 Å². The Morgan fingerprint density at radius 2 is 1.86 bits per heavy atom. The van der Waals surface area contributed by atoms with Crippen LogP contribution in [0.15, 0.2) is 78.2 Å². The van der Waals surface area contributed by atoms with E-state index in [1.54, 1.807) is 36.3 Å². The Morgan fingerprint density at radius 1 is 1.08 bits per heavy atom. The van der Waals surface area contributed by atoms with Crippen LogP contribution < -0.4 is 10.3 Å². The summed E-state index contributed by atoms with van der Waals surface area (Å²) in [5.41, 5.74) is 2.12. The van der Waals surface area contributed by atoms with Crippen LogP contribution in [0.4, 0.5) is 0 Å². The van der Waals surface area contributed by atoms with Crippen LogP contribution in [0.2, 0.25) is 0 Å². The fourth-order valence-corrected chi connectivity index (χ4v) is 8.50. The predicted molar refractivity (Wildman–Crippen MR) is 188 cm³/mol. The molecule has 0 saturated carbocycles. The minimum atomic E-state index is -1.13. The summed E-state index contributed by atoms with van der Waals surface area (Å²) in [4.78, 5) is 55.2. The highest BCUT2D eigenvalue weighted by Crippen LogP contribution is 2.39. The fraction of sp³-hybridized carbons (Fsp3) is 0.378. The third kappa shape index (κ3) is 6.26. The number of hydrogen-bond acceptors (Lipinski definition) is 8. The smallest absolute Gasteiger partial charge is 0.264 e. The Bertz CT molecular complexity index is 2060. The molecule has 0 bridgehead atoms. The lowest BCUT2D eigenvalue weighted by molar-refractivity contribution is -0.142. The summed E-state index contributed by atoms with van der Waals surface area (Å²) < 4.78 is 8.78. The van der Waals surface area contributed by atoms with Crippen molar-refractivity contribution < 1.29 is 19.4 Å². The molecule has 0 unspecified atom stereocenters. The van der Waals surface area contributed by atoms with Crippen molar-refractivity contribution in [3.63, 3.8) is 0 Å². The summed E-state index contributed by atoms with van der Waals surface area (Å²) in [7, 11) is 3.45. The third-order valence-corrected chi connectivity index (χ3v) is 11.4. The number of aryl methyl sites for hydroxylation is 2. The van der Waals surface area contributed by atoms with Gasteiger partial charge >= 0.3 is 0 Å². The maximum atomic E-state index is 14.2. The van der Waals surface area contributed by atoms with Gasteiger partial charge in [-0.25, -0.2) is 4.98 Å². The van der Waals surface area contributed by atoms with E-state index in [0.717, 1.165) is 21.6 Å². The van der Waals surface area contributed by atoms with E-state index in [1.165, 1.54) is 22.2 Å². The second-order valence-electron chi connectivity index (χ2n) is 13.3. The Labute approximate surface area is 288 Å². The predicted octanol–water partition coefficient (Wildman–Crippen LogP) is 4.48. The largest absolute Gasteiger partial charge is 0.494 e. The van der Waals surface area contributed by atoms with Gasteiger partial charge in [-0.05, 0) is 55.5 Å². The maximum Gasteiger partial charge on any atom is 0.264 e. The number of methoxy groups -OCH3 is 1. The van der Waals surface area contributed by atoms with E-state index in [9.17, 15) is 19.5 Å². The van der Waals surface area contributed by atoms with Gasteiger partial charge in [0.1, 0.15) is 17.7 Å². The molecule has 2 aliphatic heterocycles. The first-order valence-electron chi connectivity index (χ1n) is 16.6. The van der Waals surface area contributed by atoms with Crippen LogP contribution in [0, 0.1) is 12.8 Å². The minimum absolute atomic E-state index is 0.0323. The standard InChI is InChI=1S/C37H40N6O5S/c1-24-19-31(27-9-14-38-20-30(27)48-3)49-32(24)36(46)42-16-11-26(29(21-42)25-7-5-4-6-8-25)34(44)41-17-12-37(47,13-18-41)22-43-23-39-33-28(35(43)45)10-15-40(33)2/h4-10,14-15,19-20,23,26,29,47H,11-13,16-18,21-22H2,1-3H3/t26-,29+/m1/s1. The molecule has 254 valence electrons. The minimum Gasteiger partial charge on any atom is -0.494 e. The van der Waals surface area contributed by atoms with Crippen LogP contribution >= 0.6 is 11.3 Å². The van der Waals surface area contributed by atoms with Gasteiger partial charge < -0.3 is 24.2 Å². The van der Waals surface area contributed by atoms with Crippen LogP contribution in [-0.4, -0.2) is 84.7 Å². The van der Waals surface area contributed by atoms with Crippen molar-refractivity contribution in [1.29, 1.82) is 0 Å². The number of carbonyl (C=O) groups is 2. The molecule has 1 N–H and O–H groups in total. The number of aromatic nitrogens is 4. The normalized spacial score (nSPS) is 19.3. The number of piperidine rings is 2. The number of ether oxygens (including phenoxy) is 1. The van der Waals surface area contributed by atoms with E-state index in [2.05, 4.69) is 9.97 Å². The first-order valence-corrected chi connectivity index (χ1v) is 17.4. The van der Waals surface area contributed by atoms with Crippen LogP contribution in [0.3, 0.4) is 0 Å². The average molecular weight is 681 g/mol. The molecule has 0 radical (unpaired) electrons. The van der Waals surface area contributed by atoms with E-state index in [1.807, 2.05) is 66.2 Å². The van der Waals surface area contributed by atoms with Gasteiger partial charge in [0.15, 0.2) is 0 Å². The molecular formula is C37H40N6O5S. The molecule has 11 nitrogen and oxygen atoms in total. The number of amides is 2. The topological polar surface area (TPSA) is 123 Å². The number of hydrogen-bond donors (Lipinski definition) is 1. The molecule has 0 aliphatic carbocycles. The maximum absolute atomic E-state index is 14.2. The summed E-state index contributed by atoms with van der Waals surface area (Å²) in [5, 5.41) is 12.0. The van der Waals surface area contributed by atoms with Crippen LogP contribution in [-0.2, 0) is 18.4 Å². The zero-order valence-electron chi connectivity index (χ0n) is 27.9. The Hall–Kier alpha value is -4.81. The highest BCUT2D eigenvalue weighted by molar-refractivity contribution is 7.17. The Kier molecular flexibility index (Phi) is 8.84.